The highest BCUT2D eigenvalue weighted by molar-refractivity contribution is 5.95. The van der Waals surface area contributed by atoms with Gasteiger partial charge in [0.05, 0.1) is 0 Å². The lowest BCUT2D eigenvalue weighted by Crippen LogP contribution is -2.15. The highest BCUT2D eigenvalue weighted by Crippen LogP contribution is 2.29. The molecule has 4 nitrogen and oxygen atoms in total. The molecule has 2 aromatic heterocycles. The maximum atomic E-state index is 13.4. The molecule has 1 aliphatic heterocycles. The van der Waals surface area contributed by atoms with Crippen molar-refractivity contribution in [2.75, 3.05) is 18.5 Å². The molecule has 146 valence electrons. The van der Waals surface area contributed by atoms with Crippen molar-refractivity contribution in [3.8, 4) is 11.1 Å². The van der Waals surface area contributed by atoms with Crippen LogP contribution < -0.4 is 5.32 Å². The van der Waals surface area contributed by atoms with Crippen LogP contribution in [0.3, 0.4) is 0 Å². The molecule has 2 N–H and O–H groups in total. The van der Waals surface area contributed by atoms with E-state index in [0.717, 1.165) is 65.5 Å². The van der Waals surface area contributed by atoms with Crippen LogP contribution >= 0.6 is 0 Å². The van der Waals surface area contributed by atoms with Crippen molar-refractivity contribution < 1.29 is 9.13 Å². The van der Waals surface area contributed by atoms with E-state index in [-0.39, 0.29) is 5.82 Å². The van der Waals surface area contributed by atoms with Crippen molar-refractivity contribution >= 4 is 16.7 Å². The highest BCUT2D eigenvalue weighted by atomic mass is 19.1. The van der Waals surface area contributed by atoms with Crippen LogP contribution in [0.1, 0.15) is 32.1 Å². The SMILES string of the molecule is C=C(CCCC1CCOCC1)Nc1ccc(-c2c[nH]c3cc(F)ccc23)cn1. The Kier molecular flexibility index (Phi) is 5.72. The van der Waals surface area contributed by atoms with Gasteiger partial charge in [-0.15, -0.1) is 0 Å². The van der Waals surface area contributed by atoms with Crippen molar-refractivity contribution in [3.05, 3.63) is 60.8 Å². The number of hydrogen-bond donors (Lipinski definition) is 2. The summed E-state index contributed by atoms with van der Waals surface area (Å²) in [5.41, 5.74) is 3.79. The number of fused-ring (bicyclic) bond motifs is 1. The van der Waals surface area contributed by atoms with E-state index in [1.807, 2.05) is 24.5 Å². The van der Waals surface area contributed by atoms with E-state index in [1.54, 1.807) is 6.07 Å². The summed E-state index contributed by atoms with van der Waals surface area (Å²) in [4.78, 5) is 7.64. The Labute approximate surface area is 164 Å². The standard InChI is InChI=1S/C23H26FN3O/c1-16(3-2-4-17-9-11-28-12-10-17)27-23-8-5-18(14-26-23)21-15-25-22-13-19(24)6-7-20(21)22/h5-8,13-15,17,25H,1-4,9-12H2,(H,26,27). The highest BCUT2D eigenvalue weighted by Gasteiger charge is 2.13. The van der Waals surface area contributed by atoms with Crippen molar-refractivity contribution in [1.29, 1.82) is 0 Å². The molecule has 0 spiro atoms. The molecule has 1 aliphatic rings. The molecule has 0 radical (unpaired) electrons. The summed E-state index contributed by atoms with van der Waals surface area (Å²) in [7, 11) is 0. The Morgan fingerprint density at radius 2 is 2.11 bits per heavy atom. The maximum Gasteiger partial charge on any atom is 0.130 e. The van der Waals surface area contributed by atoms with Gasteiger partial charge in [0.1, 0.15) is 11.6 Å². The molecule has 0 atom stereocenters. The number of aromatic nitrogens is 2. The molecule has 3 heterocycles. The fourth-order valence-electron chi connectivity index (χ4n) is 3.85. The number of benzene rings is 1. The first-order chi connectivity index (χ1) is 13.7. The topological polar surface area (TPSA) is 49.9 Å². The lowest BCUT2D eigenvalue weighted by atomic mass is 9.94. The van der Waals surface area contributed by atoms with Crippen LogP contribution in [0.25, 0.3) is 22.0 Å². The number of pyridine rings is 1. The summed E-state index contributed by atoms with van der Waals surface area (Å²) < 4.78 is 18.8. The largest absolute Gasteiger partial charge is 0.381 e. The van der Waals surface area contributed by atoms with Gasteiger partial charge in [-0.1, -0.05) is 6.58 Å². The Balaban J connectivity index is 1.33. The molecule has 0 unspecified atom stereocenters. The number of rotatable bonds is 7. The number of allylic oxidation sites excluding steroid dienone is 1. The predicted octanol–water partition coefficient (Wildman–Crippen LogP) is 5.89. The van der Waals surface area contributed by atoms with Crippen molar-refractivity contribution in [1.82, 2.24) is 9.97 Å². The van der Waals surface area contributed by atoms with Crippen LogP contribution in [0.2, 0.25) is 0 Å². The summed E-state index contributed by atoms with van der Waals surface area (Å²) in [6, 6.07) is 8.76. The Hall–Kier alpha value is -2.66. The van der Waals surface area contributed by atoms with Gasteiger partial charge in [0, 0.05) is 53.3 Å². The third-order valence-electron chi connectivity index (χ3n) is 5.45. The number of H-pyrrole nitrogens is 1. The van der Waals surface area contributed by atoms with Gasteiger partial charge in [-0.05, 0) is 68.4 Å². The first-order valence-corrected chi connectivity index (χ1v) is 9.94. The second-order valence-electron chi connectivity index (χ2n) is 7.50. The van der Waals surface area contributed by atoms with Crippen LogP contribution in [0.4, 0.5) is 10.2 Å². The van der Waals surface area contributed by atoms with Crippen molar-refractivity contribution in [3.63, 3.8) is 0 Å². The van der Waals surface area contributed by atoms with Crippen molar-refractivity contribution in [2.45, 2.75) is 32.1 Å². The quantitative estimate of drug-likeness (QED) is 0.538. The van der Waals surface area contributed by atoms with Gasteiger partial charge in [0.2, 0.25) is 0 Å². The van der Waals surface area contributed by atoms with Crippen LogP contribution in [0.5, 0.6) is 0 Å². The number of nitrogens with zero attached hydrogens (tertiary/aromatic N) is 1. The second-order valence-corrected chi connectivity index (χ2v) is 7.50. The number of anilines is 1. The van der Waals surface area contributed by atoms with E-state index >= 15 is 0 Å². The molecule has 1 fully saturated rings. The molecule has 4 rings (SSSR count). The van der Waals surface area contributed by atoms with Gasteiger partial charge in [0.15, 0.2) is 0 Å². The van der Waals surface area contributed by atoms with Crippen LogP contribution in [-0.4, -0.2) is 23.2 Å². The Bertz CT molecular complexity index is 942. The van der Waals surface area contributed by atoms with E-state index in [1.165, 1.54) is 31.4 Å². The summed E-state index contributed by atoms with van der Waals surface area (Å²) in [6.45, 7) is 5.95. The molecule has 0 aliphatic carbocycles. The van der Waals surface area contributed by atoms with E-state index in [2.05, 4.69) is 21.9 Å². The first-order valence-electron chi connectivity index (χ1n) is 9.94. The van der Waals surface area contributed by atoms with Gasteiger partial charge in [-0.25, -0.2) is 9.37 Å². The maximum absolute atomic E-state index is 13.4. The molecule has 0 amide bonds. The molecular formula is C23H26FN3O. The summed E-state index contributed by atoms with van der Waals surface area (Å²) in [6.07, 6.45) is 9.42. The molecule has 0 saturated carbocycles. The van der Waals surface area contributed by atoms with E-state index in [9.17, 15) is 4.39 Å². The number of ether oxygens (including phenoxy) is 1. The average molecular weight is 379 g/mol. The number of aromatic amines is 1. The second kappa shape index (κ2) is 8.57. The monoisotopic (exact) mass is 379 g/mol. The van der Waals surface area contributed by atoms with E-state index in [4.69, 9.17) is 4.74 Å². The molecule has 1 aromatic carbocycles. The summed E-state index contributed by atoms with van der Waals surface area (Å²) in [5.74, 6) is 1.35. The fraction of sp³-hybridized carbons (Fsp3) is 0.348. The third-order valence-corrected chi connectivity index (χ3v) is 5.45. The van der Waals surface area contributed by atoms with Gasteiger partial charge in [0.25, 0.3) is 0 Å². The molecular weight excluding hydrogens is 353 g/mol. The molecule has 3 aromatic rings. The molecule has 5 heteroatoms. The minimum Gasteiger partial charge on any atom is -0.381 e. The summed E-state index contributed by atoms with van der Waals surface area (Å²) >= 11 is 0. The normalized spacial score (nSPS) is 15.0. The minimum atomic E-state index is -0.242. The smallest absolute Gasteiger partial charge is 0.130 e. The average Bonchev–Trinajstić information content (AvgIpc) is 3.12. The Morgan fingerprint density at radius 3 is 2.89 bits per heavy atom. The van der Waals surface area contributed by atoms with Crippen molar-refractivity contribution in [2.24, 2.45) is 5.92 Å². The molecule has 28 heavy (non-hydrogen) atoms. The first kappa shape index (κ1) is 18.7. The zero-order valence-corrected chi connectivity index (χ0v) is 16.0. The van der Waals surface area contributed by atoms with E-state index in [0.29, 0.717) is 0 Å². The van der Waals surface area contributed by atoms with Gasteiger partial charge in [-0.2, -0.15) is 0 Å². The van der Waals surface area contributed by atoms with Crippen LogP contribution in [0.15, 0.2) is 55.0 Å². The molecule has 1 saturated heterocycles. The zero-order chi connectivity index (χ0) is 19.3. The number of nitrogens with one attached hydrogen (secondary N) is 2. The predicted molar refractivity (Wildman–Crippen MR) is 112 cm³/mol. The lowest BCUT2D eigenvalue weighted by Gasteiger charge is -2.21. The van der Waals surface area contributed by atoms with Crippen LogP contribution in [-0.2, 0) is 4.74 Å². The number of hydrogen-bond acceptors (Lipinski definition) is 3. The minimum absolute atomic E-state index is 0.242. The summed E-state index contributed by atoms with van der Waals surface area (Å²) in [5, 5.41) is 4.30. The molecule has 0 bridgehead atoms. The van der Waals surface area contributed by atoms with E-state index < -0.39 is 0 Å². The lowest BCUT2D eigenvalue weighted by molar-refractivity contribution is 0.0633. The fourth-order valence-corrected chi connectivity index (χ4v) is 3.85. The third kappa shape index (κ3) is 4.42. The zero-order valence-electron chi connectivity index (χ0n) is 16.0. The number of halogens is 1. The van der Waals surface area contributed by atoms with Gasteiger partial charge < -0.3 is 15.0 Å². The van der Waals surface area contributed by atoms with Crippen LogP contribution in [0, 0.1) is 11.7 Å². The Morgan fingerprint density at radius 1 is 1.25 bits per heavy atom. The van der Waals surface area contributed by atoms with Gasteiger partial charge in [-0.3, -0.25) is 0 Å². The van der Waals surface area contributed by atoms with Gasteiger partial charge >= 0.3 is 0 Å².